The van der Waals surface area contributed by atoms with E-state index in [2.05, 4.69) is 15.0 Å². The van der Waals surface area contributed by atoms with Gasteiger partial charge >= 0.3 is 0 Å². The van der Waals surface area contributed by atoms with Crippen molar-refractivity contribution in [3.05, 3.63) is 18.2 Å². The third-order valence-corrected chi connectivity index (χ3v) is 3.92. The molecule has 4 nitrogen and oxygen atoms in total. The minimum absolute atomic E-state index is 0.193. The molecule has 0 spiro atoms. The van der Waals surface area contributed by atoms with Crippen molar-refractivity contribution in [3.63, 3.8) is 0 Å². The van der Waals surface area contributed by atoms with Crippen LogP contribution in [-0.2, 0) is 7.05 Å². The molecule has 0 aliphatic heterocycles. The van der Waals surface area contributed by atoms with E-state index in [-0.39, 0.29) is 6.04 Å². The number of aromatic nitrogens is 2. The van der Waals surface area contributed by atoms with Gasteiger partial charge in [0.25, 0.3) is 0 Å². The number of imidazole rings is 1. The Hall–Kier alpha value is -0.870. The molecular formula is C13H24N4. The monoisotopic (exact) mass is 236 g/mol. The van der Waals surface area contributed by atoms with Gasteiger partial charge in [-0.3, -0.25) is 5.84 Å². The molecule has 1 aliphatic carbocycles. The van der Waals surface area contributed by atoms with Crippen molar-refractivity contribution in [2.45, 2.75) is 51.0 Å². The molecule has 0 bridgehead atoms. The first-order valence-corrected chi connectivity index (χ1v) is 6.74. The topological polar surface area (TPSA) is 55.9 Å². The van der Waals surface area contributed by atoms with Crippen LogP contribution in [0.25, 0.3) is 0 Å². The summed E-state index contributed by atoms with van der Waals surface area (Å²) in [6.45, 7) is 0. The van der Waals surface area contributed by atoms with Gasteiger partial charge in [-0.1, -0.05) is 38.5 Å². The molecule has 17 heavy (non-hydrogen) atoms. The predicted octanol–water partition coefficient (Wildman–Crippen LogP) is 2.29. The van der Waals surface area contributed by atoms with Crippen molar-refractivity contribution >= 4 is 0 Å². The quantitative estimate of drug-likeness (QED) is 0.479. The van der Waals surface area contributed by atoms with Crippen LogP contribution < -0.4 is 11.3 Å². The van der Waals surface area contributed by atoms with Crippen LogP contribution in [0.1, 0.15) is 56.8 Å². The molecule has 1 unspecified atom stereocenters. The zero-order chi connectivity index (χ0) is 12.1. The first-order valence-electron chi connectivity index (χ1n) is 6.74. The molecule has 1 aliphatic rings. The van der Waals surface area contributed by atoms with Crippen molar-refractivity contribution in [3.8, 4) is 0 Å². The lowest BCUT2D eigenvalue weighted by atomic mass is 9.92. The second-order valence-electron chi connectivity index (χ2n) is 5.21. The molecule has 1 saturated carbocycles. The fraction of sp³-hybridized carbons (Fsp3) is 0.769. The molecule has 1 atom stereocenters. The number of rotatable bonds is 4. The normalized spacial score (nSPS) is 20.1. The van der Waals surface area contributed by atoms with Gasteiger partial charge in [0.15, 0.2) is 0 Å². The standard InChI is InChI=1S/C13H24N4/c1-17-9-8-15-13(17)12(16-14)10-11-6-4-2-3-5-7-11/h8-9,11-12,16H,2-7,10,14H2,1H3. The highest BCUT2D eigenvalue weighted by Crippen LogP contribution is 2.30. The number of nitrogens with one attached hydrogen (secondary N) is 1. The smallest absolute Gasteiger partial charge is 0.126 e. The first-order chi connectivity index (χ1) is 8.31. The Balaban J connectivity index is 1.97. The van der Waals surface area contributed by atoms with Crippen molar-refractivity contribution in [1.29, 1.82) is 0 Å². The molecule has 0 saturated heterocycles. The third-order valence-electron chi connectivity index (χ3n) is 3.92. The first kappa shape index (κ1) is 12.6. The second kappa shape index (κ2) is 6.17. The summed E-state index contributed by atoms with van der Waals surface area (Å²) >= 11 is 0. The molecule has 96 valence electrons. The lowest BCUT2D eigenvalue weighted by Crippen LogP contribution is -2.31. The summed E-state index contributed by atoms with van der Waals surface area (Å²) in [6, 6.07) is 0.193. The number of hydrogen-bond donors (Lipinski definition) is 2. The average molecular weight is 236 g/mol. The lowest BCUT2D eigenvalue weighted by Gasteiger charge is -2.21. The van der Waals surface area contributed by atoms with Crippen LogP contribution in [0.15, 0.2) is 12.4 Å². The van der Waals surface area contributed by atoms with Crippen LogP contribution in [-0.4, -0.2) is 9.55 Å². The van der Waals surface area contributed by atoms with E-state index < -0.39 is 0 Å². The minimum atomic E-state index is 0.193. The Morgan fingerprint density at radius 3 is 2.65 bits per heavy atom. The molecule has 0 radical (unpaired) electrons. The van der Waals surface area contributed by atoms with Gasteiger partial charge in [0.05, 0.1) is 6.04 Å². The molecule has 4 heteroatoms. The summed E-state index contributed by atoms with van der Waals surface area (Å²) < 4.78 is 2.06. The van der Waals surface area contributed by atoms with Crippen LogP contribution in [0.5, 0.6) is 0 Å². The van der Waals surface area contributed by atoms with Gasteiger partial charge < -0.3 is 4.57 Å². The number of aryl methyl sites for hydroxylation is 1. The average Bonchev–Trinajstić information content (AvgIpc) is 2.62. The fourth-order valence-electron chi connectivity index (χ4n) is 2.89. The van der Waals surface area contributed by atoms with Gasteiger partial charge in [0.2, 0.25) is 0 Å². The van der Waals surface area contributed by atoms with Gasteiger partial charge in [-0.15, -0.1) is 0 Å². The van der Waals surface area contributed by atoms with Crippen molar-refractivity contribution in [2.75, 3.05) is 0 Å². The molecule has 0 aromatic carbocycles. The lowest BCUT2D eigenvalue weighted by molar-refractivity contribution is 0.346. The molecule has 1 heterocycles. The molecule has 2 rings (SSSR count). The van der Waals surface area contributed by atoms with Gasteiger partial charge in [0, 0.05) is 19.4 Å². The second-order valence-corrected chi connectivity index (χ2v) is 5.21. The fourth-order valence-corrected chi connectivity index (χ4v) is 2.89. The Kier molecular flexibility index (Phi) is 4.57. The van der Waals surface area contributed by atoms with Gasteiger partial charge in [-0.25, -0.2) is 10.4 Å². The molecule has 1 aromatic heterocycles. The summed E-state index contributed by atoms with van der Waals surface area (Å²) in [4.78, 5) is 4.40. The molecule has 3 N–H and O–H groups in total. The van der Waals surface area contributed by atoms with Gasteiger partial charge in [-0.05, 0) is 12.3 Å². The molecule has 1 fully saturated rings. The highest BCUT2D eigenvalue weighted by molar-refractivity contribution is 4.98. The van der Waals surface area contributed by atoms with E-state index in [1.807, 2.05) is 19.4 Å². The molecule has 1 aromatic rings. The van der Waals surface area contributed by atoms with Crippen LogP contribution in [0, 0.1) is 5.92 Å². The largest absolute Gasteiger partial charge is 0.337 e. The molecule has 0 amide bonds. The van der Waals surface area contributed by atoms with E-state index in [1.54, 1.807) is 0 Å². The minimum Gasteiger partial charge on any atom is -0.337 e. The predicted molar refractivity (Wildman–Crippen MR) is 69.1 cm³/mol. The zero-order valence-corrected chi connectivity index (χ0v) is 10.7. The highest BCUT2D eigenvalue weighted by Gasteiger charge is 2.20. The Labute approximate surface area is 104 Å². The van der Waals surface area contributed by atoms with E-state index in [4.69, 9.17) is 5.84 Å². The van der Waals surface area contributed by atoms with Crippen molar-refractivity contribution in [1.82, 2.24) is 15.0 Å². The van der Waals surface area contributed by atoms with Gasteiger partial charge in [-0.2, -0.15) is 0 Å². The summed E-state index contributed by atoms with van der Waals surface area (Å²) in [5.41, 5.74) is 2.93. The van der Waals surface area contributed by atoms with Crippen LogP contribution in [0.4, 0.5) is 0 Å². The van der Waals surface area contributed by atoms with Crippen LogP contribution in [0.2, 0.25) is 0 Å². The Bertz CT molecular complexity index is 326. The number of hydrogen-bond acceptors (Lipinski definition) is 3. The number of nitrogens with two attached hydrogens (primary N) is 1. The summed E-state index contributed by atoms with van der Waals surface area (Å²) in [5.74, 6) is 7.54. The maximum atomic E-state index is 5.69. The van der Waals surface area contributed by atoms with Crippen LogP contribution >= 0.6 is 0 Å². The van der Waals surface area contributed by atoms with Crippen molar-refractivity contribution in [2.24, 2.45) is 18.8 Å². The van der Waals surface area contributed by atoms with E-state index in [9.17, 15) is 0 Å². The third kappa shape index (κ3) is 3.30. The van der Waals surface area contributed by atoms with Gasteiger partial charge in [0.1, 0.15) is 5.82 Å². The van der Waals surface area contributed by atoms with E-state index in [0.717, 1.165) is 18.2 Å². The maximum absolute atomic E-state index is 5.69. The van der Waals surface area contributed by atoms with E-state index in [1.165, 1.54) is 38.5 Å². The molecular weight excluding hydrogens is 212 g/mol. The Morgan fingerprint density at radius 2 is 2.12 bits per heavy atom. The SMILES string of the molecule is Cn1ccnc1C(CC1CCCCCC1)NN. The van der Waals surface area contributed by atoms with Crippen molar-refractivity contribution < 1.29 is 0 Å². The van der Waals surface area contributed by atoms with Crippen LogP contribution in [0.3, 0.4) is 0 Å². The summed E-state index contributed by atoms with van der Waals surface area (Å²) in [5, 5.41) is 0. The maximum Gasteiger partial charge on any atom is 0.126 e. The van der Waals surface area contributed by atoms with E-state index >= 15 is 0 Å². The highest BCUT2D eigenvalue weighted by atomic mass is 15.3. The van der Waals surface area contributed by atoms with E-state index in [0.29, 0.717) is 0 Å². The summed E-state index contributed by atoms with van der Waals surface area (Å²) in [6.07, 6.45) is 13.2. The number of hydrazine groups is 1. The Morgan fingerprint density at radius 1 is 1.41 bits per heavy atom. The zero-order valence-electron chi connectivity index (χ0n) is 10.7. The number of nitrogens with zero attached hydrogens (tertiary/aromatic N) is 2. The summed E-state index contributed by atoms with van der Waals surface area (Å²) in [7, 11) is 2.03.